The quantitative estimate of drug-likeness (QED) is 0.492. The van der Waals surface area contributed by atoms with Crippen LogP contribution in [-0.2, 0) is 18.4 Å². The van der Waals surface area contributed by atoms with E-state index in [0.29, 0.717) is 37.1 Å². The SMILES string of the molecule is Cc1nn(C)cc1CN1C(=O)c2cccc(N3CCC(C(=O)N(C)C(C)c4ccco4)CC3)c2C1=O. The van der Waals surface area contributed by atoms with Gasteiger partial charge in [-0.2, -0.15) is 5.10 Å². The number of aryl methyl sites for hydroxylation is 2. The van der Waals surface area contributed by atoms with Crippen LogP contribution < -0.4 is 4.90 Å². The Balaban J connectivity index is 1.29. The van der Waals surface area contributed by atoms with Crippen molar-refractivity contribution in [1.29, 1.82) is 0 Å². The summed E-state index contributed by atoms with van der Waals surface area (Å²) in [5, 5.41) is 4.33. The fourth-order valence-electron chi connectivity index (χ4n) is 5.26. The van der Waals surface area contributed by atoms with E-state index in [1.54, 1.807) is 21.9 Å². The van der Waals surface area contributed by atoms with Crippen LogP contribution in [0.15, 0.2) is 47.2 Å². The molecule has 0 N–H and O–H groups in total. The van der Waals surface area contributed by atoms with Gasteiger partial charge in [0.15, 0.2) is 0 Å². The molecule has 188 valence electrons. The van der Waals surface area contributed by atoms with Gasteiger partial charge in [0, 0.05) is 44.9 Å². The van der Waals surface area contributed by atoms with Crippen LogP contribution >= 0.6 is 0 Å². The normalized spacial score (nSPS) is 17.0. The number of anilines is 1. The Kier molecular flexibility index (Phi) is 6.15. The lowest BCUT2D eigenvalue weighted by atomic mass is 9.93. The van der Waals surface area contributed by atoms with E-state index >= 15 is 0 Å². The number of hydrogen-bond donors (Lipinski definition) is 0. The number of piperidine rings is 1. The van der Waals surface area contributed by atoms with Crippen LogP contribution in [0.2, 0.25) is 0 Å². The number of benzene rings is 1. The van der Waals surface area contributed by atoms with Gasteiger partial charge in [0.05, 0.1) is 41.4 Å². The summed E-state index contributed by atoms with van der Waals surface area (Å²) in [6, 6.07) is 9.01. The molecule has 0 spiro atoms. The van der Waals surface area contributed by atoms with Gasteiger partial charge in [-0.1, -0.05) is 6.07 Å². The first-order chi connectivity index (χ1) is 17.3. The highest BCUT2D eigenvalue weighted by Crippen LogP contribution is 2.35. The highest BCUT2D eigenvalue weighted by atomic mass is 16.3. The molecule has 3 amide bonds. The molecule has 9 heteroatoms. The van der Waals surface area contributed by atoms with Crippen LogP contribution in [0, 0.1) is 12.8 Å². The molecule has 5 rings (SSSR count). The third kappa shape index (κ3) is 4.08. The minimum atomic E-state index is -0.279. The molecule has 1 unspecified atom stereocenters. The van der Waals surface area contributed by atoms with Gasteiger partial charge in [0.25, 0.3) is 11.8 Å². The van der Waals surface area contributed by atoms with Gasteiger partial charge in [-0.3, -0.25) is 24.0 Å². The first-order valence-electron chi connectivity index (χ1n) is 12.3. The minimum absolute atomic E-state index is 0.0946. The van der Waals surface area contributed by atoms with Crippen molar-refractivity contribution in [2.45, 2.75) is 39.3 Å². The van der Waals surface area contributed by atoms with E-state index in [1.807, 2.05) is 58.4 Å². The second-order valence-electron chi connectivity index (χ2n) is 9.71. The number of carbonyl (C=O) groups is 3. The lowest BCUT2D eigenvalue weighted by Crippen LogP contribution is -2.42. The Morgan fingerprint density at radius 2 is 1.92 bits per heavy atom. The molecule has 0 radical (unpaired) electrons. The molecule has 2 aliphatic heterocycles. The Labute approximate surface area is 210 Å². The maximum Gasteiger partial charge on any atom is 0.263 e. The number of amides is 3. The second kappa shape index (κ2) is 9.29. The largest absolute Gasteiger partial charge is 0.467 e. The number of hydrogen-bond acceptors (Lipinski definition) is 6. The van der Waals surface area contributed by atoms with E-state index < -0.39 is 0 Å². The zero-order valence-corrected chi connectivity index (χ0v) is 21.1. The van der Waals surface area contributed by atoms with Crippen LogP contribution in [0.1, 0.15) is 63.5 Å². The van der Waals surface area contributed by atoms with Gasteiger partial charge in [0.2, 0.25) is 5.91 Å². The van der Waals surface area contributed by atoms with Crippen LogP contribution in [0.3, 0.4) is 0 Å². The molecule has 1 fully saturated rings. The van der Waals surface area contributed by atoms with Crippen molar-refractivity contribution in [3.05, 3.63) is 70.9 Å². The molecule has 0 saturated carbocycles. The molecule has 4 heterocycles. The Bertz CT molecular complexity index is 1300. The maximum absolute atomic E-state index is 13.4. The third-order valence-corrected chi connectivity index (χ3v) is 7.49. The van der Waals surface area contributed by atoms with E-state index in [4.69, 9.17) is 4.42 Å². The second-order valence-corrected chi connectivity index (χ2v) is 9.71. The molecule has 36 heavy (non-hydrogen) atoms. The molecule has 1 atom stereocenters. The lowest BCUT2D eigenvalue weighted by Gasteiger charge is -2.36. The van der Waals surface area contributed by atoms with Crippen molar-refractivity contribution in [3.63, 3.8) is 0 Å². The number of furan rings is 1. The number of aromatic nitrogens is 2. The van der Waals surface area contributed by atoms with Crippen molar-refractivity contribution in [2.24, 2.45) is 13.0 Å². The van der Waals surface area contributed by atoms with E-state index in [-0.39, 0.29) is 36.2 Å². The van der Waals surface area contributed by atoms with Crippen molar-refractivity contribution in [2.75, 3.05) is 25.0 Å². The molecular formula is C27H31N5O4. The van der Waals surface area contributed by atoms with Crippen LogP contribution in [0.4, 0.5) is 5.69 Å². The zero-order valence-electron chi connectivity index (χ0n) is 21.1. The van der Waals surface area contributed by atoms with Crippen LogP contribution in [0.25, 0.3) is 0 Å². The fourth-order valence-corrected chi connectivity index (χ4v) is 5.26. The molecule has 1 saturated heterocycles. The molecule has 1 aromatic carbocycles. The van der Waals surface area contributed by atoms with Gasteiger partial charge in [-0.05, 0) is 51.0 Å². The number of rotatable bonds is 6. The van der Waals surface area contributed by atoms with Crippen molar-refractivity contribution < 1.29 is 18.8 Å². The maximum atomic E-state index is 13.4. The summed E-state index contributed by atoms with van der Waals surface area (Å²) in [5.41, 5.74) is 3.30. The lowest BCUT2D eigenvalue weighted by molar-refractivity contribution is -0.137. The summed E-state index contributed by atoms with van der Waals surface area (Å²) in [6.45, 7) is 5.30. The van der Waals surface area contributed by atoms with Crippen LogP contribution in [-0.4, -0.2) is 57.4 Å². The summed E-state index contributed by atoms with van der Waals surface area (Å²) in [4.78, 5) is 44.9. The predicted octanol–water partition coefficient (Wildman–Crippen LogP) is 3.55. The average Bonchev–Trinajstić information content (AvgIpc) is 3.59. The van der Waals surface area contributed by atoms with Gasteiger partial charge in [-0.25, -0.2) is 0 Å². The van der Waals surface area contributed by atoms with E-state index in [1.165, 1.54) is 4.90 Å². The molecular weight excluding hydrogens is 458 g/mol. The zero-order chi connectivity index (χ0) is 25.6. The summed E-state index contributed by atoms with van der Waals surface area (Å²) in [5.74, 6) is 0.207. The number of imide groups is 1. The number of fused-ring (bicyclic) bond motifs is 1. The van der Waals surface area contributed by atoms with Crippen molar-refractivity contribution in [1.82, 2.24) is 19.6 Å². The first-order valence-corrected chi connectivity index (χ1v) is 12.3. The monoisotopic (exact) mass is 489 g/mol. The van der Waals surface area contributed by atoms with Crippen molar-refractivity contribution in [3.8, 4) is 0 Å². The number of nitrogens with zero attached hydrogens (tertiary/aromatic N) is 5. The topological polar surface area (TPSA) is 91.9 Å². The minimum Gasteiger partial charge on any atom is -0.467 e. The Morgan fingerprint density at radius 1 is 1.17 bits per heavy atom. The smallest absolute Gasteiger partial charge is 0.263 e. The predicted molar refractivity (Wildman–Crippen MR) is 133 cm³/mol. The summed E-state index contributed by atoms with van der Waals surface area (Å²) < 4.78 is 7.16. The van der Waals surface area contributed by atoms with E-state index in [9.17, 15) is 14.4 Å². The van der Waals surface area contributed by atoms with Crippen molar-refractivity contribution >= 4 is 23.4 Å². The molecule has 0 bridgehead atoms. The highest BCUT2D eigenvalue weighted by Gasteiger charge is 2.40. The Morgan fingerprint density at radius 3 is 2.56 bits per heavy atom. The average molecular weight is 490 g/mol. The van der Waals surface area contributed by atoms with Crippen LogP contribution in [0.5, 0.6) is 0 Å². The first kappa shape index (κ1) is 23.8. The van der Waals surface area contributed by atoms with Gasteiger partial charge >= 0.3 is 0 Å². The highest BCUT2D eigenvalue weighted by molar-refractivity contribution is 6.23. The molecule has 2 aromatic heterocycles. The fraction of sp³-hybridized carbons (Fsp3) is 0.407. The van der Waals surface area contributed by atoms with E-state index in [2.05, 4.69) is 10.00 Å². The molecule has 3 aromatic rings. The third-order valence-electron chi connectivity index (χ3n) is 7.49. The summed E-state index contributed by atoms with van der Waals surface area (Å²) >= 11 is 0. The molecule has 2 aliphatic rings. The van der Waals surface area contributed by atoms with Gasteiger partial charge < -0.3 is 14.2 Å². The molecule has 0 aliphatic carbocycles. The van der Waals surface area contributed by atoms with E-state index in [0.717, 1.165) is 22.7 Å². The molecule has 9 nitrogen and oxygen atoms in total. The summed E-state index contributed by atoms with van der Waals surface area (Å²) in [7, 11) is 3.63. The van der Waals surface area contributed by atoms with Gasteiger partial charge in [0.1, 0.15) is 5.76 Å². The summed E-state index contributed by atoms with van der Waals surface area (Å²) in [6.07, 6.45) is 4.81. The standard InChI is InChI=1S/C27H31N5O4/c1-17-20(15-29(3)28-17)16-32-26(34)21-7-5-8-22(24(21)27(32)35)31-12-10-19(11-13-31)25(33)30(4)18(2)23-9-6-14-36-23/h5-9,14-15,18-19H,10-13,16H2,1-4H3. The Hall–Kier alpha value is -3.88. The number of carbonyl (C=O) groups excluding carboxylic acids is 3. The van der Waals surface area contributed by atoms with Gasteiger partial charge in [-0.15, -0.1) is 0 Å².